The monoisotopic (exact) mass is 472 g/mol. The number of aromatic nitrogens is 3. The summed E-state index contributed by atoms with van der Waals surface area (Å²) < 4.78 is 18.6. The zero-order valence-electron chi connectivity index (χ0n) is 19.7. The van der Waals surface area contributed by atoms with Gasteiger partial charge in [-0.1, -0.05) is 24.3 Å². The van der Waals surface area contributed by atoms with Crippen LogP contribution >= 0.6 is 0 Å². The summed E-state index contributed by atoms with van der Waals surface area (Å²) in [7, 11) is 0. The fourth-order valence-electron chi connectivity index (χ4n) is 5.51. The Morgan fingerprint density at radius 3 is 2.83 bits per heavy atom. The predicted molar refractivity (Wildman–Crippen MR) is 132 cm³/mol. The van der Waals surface area contributed by atoms with Gasteiger partial charge < -0.3 is 10.1 Å². The standard InChI is InChI=1S/C28H29FN4O2/c1-2-35-28(34)33-23-9-10-24-20(15-23)16-26-27(31-13-12-30-26)25(24)11-8-22-7-6-19(17-32-22)18-4-3-5-21(29)14-18/h3-8,11-14,17,20,23-25H,2,9-10,15-16H2,1H3,(H,33,34)/b11-8+/t20-,23-,24+,25-/m0/s1. The summed E-state index contributed by atoms with van der Waals surface area (Å²) in [5, 5.41) is 3.02. The van der Waals surface area contributed by atoms with Gasteiger partial charge in [0.25, 0.3) is 0 Å². The van der Waals surface area contributed by atoms with Gasteiger partial charge in [0.2, 0.25) is 0 Å². The highest BCUT2D eigenvalue weighted by Gasteiger charge is 2.41. The molecule has 0 radical (unpaired) electrons. The smallest absolute Gasteiger partial charge is 0.407 e. The lowest BCUT2D eigenvalue weighted by atomic mass is 9.64. The van der Waals surface area contributed by atoms with Gasteiger partial charge in [-0.05, 0) is 74.3 Å². The number of ether oxygens (including phenoxy) is 1. The van der Waals surface area contributed by atoms with Crippen LogP contribution in [0, 0.1) is 17.7 Å². The average Bonchev–Trinajstić information content (AvgIpc) is 2.87. The van der Waals surface area contributed by atoms with Crippen molar-refractivity contribution < 1.29 is 13.9 Å². The Labute approximate surface area is 204 Å². The number of halogens is 1. The lowest BCUT2D eigenvalue weighted by Crippen LogP contribution is -2.44. The first kappa shape index (κ1) is 23.1. The first-order valence-corrected chi connectivity index (χ1v) is 12.2. The van der Waals surface area contributed by atoms with Gasteiger partial charge in [-0.15, -0.1) is 0 Å². The van der Waals surface area contributed by atoms with Gasteiger partial charge >= 0.3 is 6.09 Å². The molecule has 2 aromatic heterocycles. The number of carbonyl (C=O) groups excluding carboxylic acids is 1. The number of fused-ring (bicyclic) bond motifs is 2. The van der Waals surface area contributed by atoms with Crippen molar-refractivity contribution in [1.29, 1.82) is 0 Å². The topological polar surface area (TPSA) is 77.0 Å². The van der Waals surface area contributed by atoms with Crippen molar-refractivity contribution >= 4 is 12.2 Å². The van der Waals surface area contributed by atoms with E-state index in [4.69, 9.17) is 9.72 Å². The quantitative estimate of drug-likeness (QED) is 0.526. The first-order chi connectivity index (χ1) is 17.1. The second-order valence-electron chi connectivity index (χ2n) is 9.26. The van der Waals surface area contributed by atoms with Crippen molar-refractivity contribution in [2.24, 2.45) is 11.8 Å². The molecule has 0 unspecified atom stereocenters. The van der Waals surface area contributed by atoms with Crippen molar-refractivity contribution in [2.75, 3.05) is 6.61 Å². The lowest BCUT2D eigenvalue weighted by molar-refractivity contribution is 0.128. The number of carbonyl (C=O) groups is 1. The summed E-state index contributed by atoms with van der Waals surface area (Å²) in [5.41, 5.74) is 4.60. The van der Waals surface area contributed by atoms with Crippen LogP contribution in [0.15, 0.2) is 61.1 Å². The van der Waals surface area contributed by atoms with E-state index in [0.717, 1.165) is 53.9 Å². The Bertz CT molecular complexity index is 1210. The number of allylic oxidation sites excluding steroid dienone is 1. The average molecular weight is 473 g/mol. The van der Waals surface area contributed by atoms with Crippen molar-refractivity contribution in [3.8, 4) is 11.1 Å². The molecular weight excluding hydrogens is 443 g/mol. The van der Waals surface area contributed by atoms with Crippen molar-refractivity contribution in [2.45, 2.75) is 44.6 Å². The molecule has 0 aliphatic heterocycles. The predicted octanol–water partition coefficient (Wildman–Crippen LogP) is 5.56. The minimum absolute atomic E-state index is 0.121. The molecule has 180 valence electrons. The molecule has 2 aliphatic rings. The molecule has 1 saturated carbocycles. The van der Waals surface area contributed by atoms with E-state index in [-0.39, 0.29) is 23.9 Å². The number of rotatable bonds is 5. The maximum atomic E-state index is 13.6. The number of nitrogens with zero attached hydrogens (tertiary/aromatic N) is 3. The highest BCUT2D eigenvalue weighted by Crippen LogP contribution is 2.46. The normalized spacial score (nSPS) is 23.4. The number of hydrogen-bond donors (Lipinski definition) is 1. The number of benzene rings is 1. The van der Waals surface area contributed by atoms with Crippen molar-refractivity contribution in [1.82, 2.24) is 20.3 Å². The second kappa shape index (κ2) is 10.3. The number of amides is 1. The van der Waals surface area contributed by atoms with Crippen LogP contribution in [-0.4, -0.2) is 33.7 Å². The van der Waals surface area contributed by atoms with E-state index >= 15 is 0 Å². The minimum atomic E-state index is -0.337. The largest absolute Gasteiger partial charge is 0.450 e. The van der Waals surface area contributed by atoms with Gasteiger partial charge in [0.1, 0.15) is 5.82 Å². The first-order valence-electron chi connectivity index (χ1n) is 12.2. The zero-order valence-corrected chi connectivity index (χ0v) is 19.7. The van der Waals surface area contributed by atoms with E-state index in [1.54, 1.807) is 24.7 Å². The molecule has 1 aromatic carbocycles. The van der Waals surface area contributed by atoms with E-state index in [9.17, 15) is 9.18 Å². The Balaban J connectivity index is 1.34. The highest BCUT2D eigenvalue weighted by atomic mass is 19.1. The lowest BCUT2D eigenvalue weighted by Gasteiger charge is -2.43. The number of hydrogen-bond acceptors (Lipinski definition) is 5. The van der Waals surface area contributed by atoms with Crippen molar-refractivity contribution in [3.05, 3.63) is 84.0 Å². The van der Waals surface area contributed by atoms with Gasteiger partial charge in [0.15, 0.2) is 0 Å². The van der Waals surface area contributed by atoms with Crippen LogP contribution < -0.4 is 5.32 Å². The van der Waals surface area contributed by atoms with Gasteiger partial charge in [0, 0.05) is 36.1 Å². The van der Waals surface area contributed by atoms with E-state index in [2.05, 4.69) is 21.4 Å². The van der Waals surface area contributed by atoms with Crippen LogP contribution in [0.5, 0.6) is 0 Å². The molecule has 0 bridgehead atoms. The molecule has 4 atom stereocenters. The van der Waals surface area contributed by atoms with E-state index in [1.807, 2.05) is 31.2 Å². The van der Waals surface area contributed by atoms with Crippen LogP contribution in [-0.2, 0) is 11.2 Å². The van der Waals surface area contributed by atoms with Gasteiger partial charge in [-0.2, -0.15) is 0 Å². The molecule has 1 fully saturated rings. The summed E-state index contributed by atoms with van der Waals surface area (Å²) in [6.07, 6.45) is 12.9. The molecule has 2 aliphatic carbocycles. The van der Waals surface area contributed by atoms with Gasteiger partial charge in [-0.25, -0.2) is 9.18 Å². The Morgan fingerprint density at radius 1 is 1.14 bits per heavy atom. The Hall–Kier alpha value is -3.61. The highest BCUT2D eigenvalue weighted by molar-refractivity contribution is 5.67. The molecule has 3 aromatic rings. The third kappa shape index (κ3) is 5.24. The van der Waals surface area contributed by atoms with Crippen LogP contribution in [0.1, 0.15) is 49.2 Å². The molecule has 5 rings (SSSR count). The summed E-state index contributed by atoms with van der Waals surface area (Å²) in [5.74, 6) is 0.732. The van der Waals surface area contributed by atoms with Gasteiger partial charge in [0.05, 0.1) is 23.7 Å². The third-order valence-corrected chi connectivity index (χ3v) is 7.10. The number of nitrogens with one attached hydrogen (secondary N) is 1. The number of alkyl carbamates (subject to hydrolysis) is 1. The summed E-state index contributed by atoms with van der Waals surface area (Å²) >= 11 is 0. The maximum absolute atomic E-state index is 13.6. The fourth-order valence-corrected chi connectivity index (χ4v) is 5.51. The fraction of sp³-hybridized carbons (Fsp3) is 0.357. The Morgan fingerprint density at radius 2 is 2.03 bits per heavy atom. The van der Waals surface area contributed by atoms with Crippen molar-refractivity contribution in [3.63, 3.8) is 0 Å². The van der Waals surface area contributed by atoms with E-state index in [0.29, 0.717) is 18.4 Å². The SMILES string of the molecule is CCOC(=O)N[C@H]1CC[C@@H]2[C@H](Cc3nccnc3[C@H]2/C=C/c2ccc(-c3cccc(F)c3)cn2)C1. The van der Waals surface area contributed by atoms with E-state index < -0.39 is 0 Å². The zero-order chi connectivity index (χ0) is 24.2. The molecule has 2 heterocycles. The molecule has 1 N–H and O–H groups in total. The maximum Gasteiger partial charge on any atom is 0.407 e. The van der Waals surface area contributed by atoms with Crippen LogP contribution in [0.25, 0.3) is 17.2 Å². The molecule has 35 heavy (non-hydrogen) atoms. The van der Waals surface area contributed by atoms with Crippen LogP contribution in [0.4, 0.5) is 9.18 Å². The molecule has 0 saturated heterocycles. The molecule has 0 spiro atoms. The van der Waals surface area contributed by atoms with Crippen LogP contribution in [0.2, 0.25) is 0 Å². The second-order valence-corrected chi connectivity index (χ2v) is 9.26. The minimum Gasteiger partial charge on any atom is -0.450 e. The van der Waals surface area contributed by atoms with Crippen LogP contribution in [0.3, 0.4) is 0 Å². The summed E-state index contributed by atoms with van der Waals surface area (Å²) in [6.45, 7) is 2.19. The molecular formula is C28H29FN4O2. The Kier molecular flexibility index (Phi) is 6.84. The molecule has 6 nitrogen and oxygen atoms in total. The van der Waals surface area contributed by atoms with E-state index in [1.165, 1.54) is 12.1 Å². The molecule has 7 heteroatoms. The third-order valence-electron chi connectivity index (χ3n) is 7.10. The molecule has 1 amide bonds. The summed E-state index contributed by atoms with van der Waals surface area (Å²) in [4.78, 5) is 25.8. The van der Waals surface area contributed by atoms with Gasteiger partial charge in [-0.3, -0.25) is 15.0 Å². The summed E-state index contributed by atoms with van der Waals surface area (Å²) in [6, 6.07) is 10.6. The number of pyridine rings is 1.